The van der Waals surface area contributed by atoms with Gasteiger partial charge in [-0.25, -0.2) is 0 Å². The van der Waals surface area contributed by atoms with Crippen LogP contribution < -0.4 is 15.5 Å². The standard InChI is InChI=1S/C27H37N5O/c1-21-7-3-4-11-26(21)30-22(2)23-8-5-10-25(19-23)32-15-6-9-24(20-32)27(33)29-14-18-31-16-12-28-13-17-31/h3-5,7-8,10-11,19,24,28H,6,9,12-18,20H2,1-2H3,(H,29,33). The Morgan fingerprint density at radius 2 is 1.94 bits per heavy atom. The zero-order valence-electron chi connectivity index (χ0n) is 20.0. The van der Waals surface area contributed by atoms with Crippen LogP contribution in [0.5, 0.6) is 0 Å². The van der Waals surface area contributed by atoms with Crippen LogP contribution in [0.3, 0.4) is 0 Å². The molecule has 1 amide bonds. The third-order valence-electron chi connectivity index (χ3n) is 6.76. The molecule has 1 atom stereocenters. The van der Waals surface area contributed by atoms with Crippen molar-refractivity contribution in [3.8, 4) is 0 Å². The summed E-state index contributed by atoms with van der Waals surface area (Å²) >= 11 is 0. The molecule has 6 heteroatoms. The Hall–Kier alpha value is -2.70. The first-order valence-corrected chi connectivity index (χ1v) is 12.3. The van der Waals surface area contributed by atoms with E-state index in [-0.39, 0.29) is 11.8 Å². The van der Waals surface area contributed by atoms with Crippen LogP contribution in [0.25, 0.3) is 0 Å². The maximum Gasteiger partial charge on any atom is 0.224 e. The summed E-state index contributed by atoms with van der Waals surface area (Å²) in [5.41, 5.74) is 5.49. The number of nitrogens with zero attached hydrogens (tertiary/aromatic N) is 3. The van der Waals surface area contributed by atoms with E-state index < -0.39 is 0 Å². The van der Waals surface area contributed by atoms with Crippen molar-refractivity contribution in [1.82, 2.24) is 15.5 Å². The molecule has 176 valence electrons. The van der Waals surface area contributed by atoms with Crippen LogP contribution in [0.1, 0.15) is 30.9 Å². The van der Waals surface area contributed by atoms with E-state index in [9.17, 15) is 4.79 Å². The van der Waals surface area contributed by atoms with Crippen LogP contribution in [-0.4, -0.2) is 68.9 Å². The number of para-hydroxylation sites is 1. The minimum Gasteiger partial charge on any atom is -0.371 e. The van der Waals surface area contributed by atoms with Crippen LogP contribution in [0, 0.1) is 12.8 Å². The van der Waals surface area contributed by atoms with Crippen molar-refractivity contribution in [2.24, 2.45) is 10.9 Å². The molecular formula is C27H37N5O. The van der Waals surface area contributed by atoms with Gasteiger partial charge in [0.15, 0.2) is 0 Å². The highest BCUT2D eigenvalue weighted by atomic mass is 16.1. The summed E-state index contributed by atoms with van der Waals surface area (Å²) < 4.78 is 0. The third kappa shape index (κ3) is 6.42. The first kappa shape index (κ1) is 23.5. The van der Waals surface area contributed by atoms with Gasteiger partial charge in [-0.2, -0.15) is 0 Å². The zero-order valence-corrected chi connectivity index (χ0v) is 20.0. The smallest absolute Gasteiger partial charge is 0.224 e. The van der Waals surface area contributed by atoms with Gasteiger partial charge >= 0.3 is 0 Å². The van der Waals surface area contributed by atoms with E-state index in [1.165, 1.54) is 11.3 Å². The highest BCUT2D eigenvalue weighted by Crippen LogP contribution is 2.25. The SMILES string of the molecule is CC(=Nc1ccccc1C)c1cccc(N2CCCC(C(=O)NCCN3CCNCC3)C2)c1. The number of carbonyl (C=O) groups is 1. The van der Waals surface area contributed by atoms with E-state index in [0.29, 0.717) is 0 Å². The molecule has 2 aromatic rings. The van der Waals surface area contributed by atoms with Crippen molar-refractivity contribution in [3.05, 3.63) is 59.7 Å². The van der Waals surface area contributed by atoms with Gasteiger partial charge in [-0.3, -0.25) is 14.7 Å². The summed E-state index contributed by atoms with van der Waals surface area (Å²) in [6.45, 7) is 11.8. The second-order valence-corrected chi connectivity index (χ2v) is 9.20. The molecule has 4 rings (SSSR count). The predicted molar refractivity (Wildman–Crippen MR) is 137 cm³/mol. The van der Waals surface area contributed by atoms with Crippen molar-refractivity contribution in [2.75, 3.05) is 57.3 Å². The minimum atomic E-state index is 0.0483. The second-order valence-electron chi connectivity index (χ2n) is 9.20. The van der Waals surface area contributed by atoms with Crippen molar-refractivity contribution >= 4 is 23.0 Å². The van der Waals surface area contributed by atoms with Crippen LogP contribution >= 0.6 is 0 Å². The van der Waals surface area contributed by atoms with E-state index in [1.54, 1.807) is 0 Å². The highest BCUT2D eigenvalue weighted by Gasteiger charge is 2.26. The fourth-order valence-corrected chi connectivity index (χ4v) is 4.70. The number of hydrogen-bond donors (Lipinski definition) is 2. The number of anilines is 1. The molecule has 0 aliphatic carbocycles. The van der Waals surface area contributed by atoms with E-state index in [0.717, 1.165) is 82.2 Å². The molecule has 2 aliphatic heterocycles. The molecular weight excluding hydrogens is 410 g/mol. The van der Waals surface area contributed by atoms with Gasteiger partial charge in [0, 0.05) is 63.8 Å². The summed E-state index contributed by atoms with van der Waals surface area (Å²) in [7, 11) is 0. The molecule has 33 heavy (non-hydrogen) atoms. The maximum atomic E-state index is 12.8. The lowest BCUT2D eigenvalue weighted by Crippen LogP contribution is -2.48. The Kier molecular flexibility index (Phi) is 8.13. The number of rotatable bonds is 7. The van der Waals surface area contributed by atoms with Gasteiger partial charge in [0.2, 0.25) is 5.91 Å². The number of aliphatic imine (C=N–C) groups is 1. The lowest BCUT2D eigenvalue weighted by atomic mass is 9.96. The molecule has 2 heterocycles. The molecule has 2 fully saturated rings. The fraction of sp³-hybridized carbons (Fsp3) is 0.481. The Balaban J connectivity index is 1.36. The Labute approximate surface area is 198 Å². The van der Waals surface area contributed by atoms with Gasteiger partial charge in [0.1, 0.15) is 0 Å². The summed E-state index contributed by atoms with van der Waals surface area (Å²) in [6, 6.07) is 16.8. The number of amides is 1. The number of carbonyl (C=O) groups excluding carboxylic acids is 1. The summed E-state index contributed by atoms with van der Waals surface area (Å²) in [4.78, 5) is 22.5. The Morgan fingerprint density at radius 3 is 2.76 bits per heavy atom. The van der Waals surface area contributed by atoms with Crippen molar-refractivity contribution < 1.29 is 4.79 Å². The molecule has 2 N–H and O–H groups in total. The van der Waals surface area contributed by atoms with Crippen LogP contribution in [0.4, 0.5) is 11.4 Å². The maximum absolute atomic E-state index is 12.8. The van der Waals surface area contributed by atoms with Crippen molar-refractivity contribution in [1.29, 1.82) is 0 Å². The first-order valence-electron chi connectivity index (χ1n) is 12.3. The molecule has 0 radical (unpaired) electrons. The number of benzene rings is 2. The van der Waals surface area contributed by atoms with E-state index in [4.69, 9.17) is 4.99 Å². The van der Waals surface area contributed by atoms with Gasteiger partial charge in [-0.15, -0.1) is 0 Å². The molecule has 0 spiro atoms. The molecule has 0 saturated carbocycles. The molecule has 2 aromatic carbocycles. The van der Waals surface area contributed by atoms with Crippen LogP contribution in [0.15, 0.2) is 53.5 Å². The number of aryl methyl sites for hydroxylation is 1. The van der Waals surface area contributed by atoms with Crippen molar-refractivity contribution in [2.45, 2.75) is 26.7 Å². The zero-order chi connectivity index (χ0) is 23.0. The Morgan fingerprint density at radius 1 is 1.12 bits per heavy atom. The van der Waals surface area contributed by atoms with Crippen LogP contribution in [0.2, 0.25) is 0 Å². The molecule has 6 nitrogen and oxygen atoms in total. The summed E-state index contributed by atoms with van der Waals surface area (Å²) in [5.74, 6) is 0.246. The minimum absolute atomic E-state index is 0.0483. The highest BCUT2D eigenvalue weighted by molar-refractivity contribution is 6.01. The molecule has 2 saturated heterocycles. The lowest BCUT2D eigenvalue weighted by Gasteiger charge is -2.34. The third-order valence-corrected chi connectivity index (χ3v) is 6.76. The van der Waals surface area contributed by atoms with E-state index in [2.05, 4.69) is 70.7 Å². The van der Waals surface area contributed by atoms with Gasteiger partial charge < -0.3 is 15.5 Å². The normalized spacial score (nSPS) is 20.0. The molecule has 0 aromatic heterocycles. The average molecular weight is 448 g/mol. The number of hydrogen-bond acceptors (Lipinski definition) is 5. The second kappa shape index (κ2) is 11.4. The molecule has 2 aliphatic rings. The van der Waals surface area contributed by atoms with Crippen LogP contribution in [-0.2, 0) is 4.79 Å². The van der Waals surface area contributed by atoms with Gasteiger partial charge in [0.05, 0.1) is 11.6 Å². The lowest BCUT2D eigenvalue weighted by molar-refractivity contribution is -0.125. The number of piperidine rings is 1. The quantitative estimate of drug-likeness (QED) is 0.639. The summed E-state index contributed by atoms with van der Waals surface area (Å²) in [6.07, 6.45) is 2.00. The average Bonchev–Trinajstić information content (AvgIpc) is 2.86. The van der Waals surface area contributed by atoms with Crippen molar-refractivity contribution in [3.63, 3.8) is 0 Å². The van der Waals surface area contributed by atoms with Gasteiger partial charge in [-0.05, 0) is 56.0 Å². The van der Waals surface area contributed by atoms with E-state index >= 15 is 0 Å². The van der Waals surface area contributed by atoms with Gasteiger partial charge in [0.25, 0.3) is 0 Å². The van der Waals surface area contributed by atoms with Gasteiger partial charge in [-0.1, -0.05) is 30.3 Å². The van der Waals surface area contributed by atoms with E-state index in [1.807, 2.05) is 12.1 Å². The Bertz CT molecular complexity index is 966. The monoisotopic (exact) mass is 447 g/mol. The fourth-order valence-electron chi connectivity index (χ4n) is 4.70. The number of nitrogens with one attached hydrogen (secondary N) is 2. The largest absolute Gasteiger partial charge is 0.371 e. The first-order chi connectivity index (χ1) is 16.1. The predicted octanol–water partition coefficient (Wildman–Crippen LogP) is 3.37. The topological polar surface area (TPSA) is 60.0 Å². The molecule has 0 bridgehead atoms. The summed E-state index contributed by atoms with van der Waals surface area (Å²) in [5, 5.41) is 6.56. The number of piperazine rings is 1. The molecule has 1 unspecified atom stereocenters.